The first-order valence-corrected chi connectivity index (χ1v) is 11.1. The molecule has 0 atom stereocenters. The molecule has 158 valence electrons. The number of nitrogens with zero attached hydrogens (tertiary/aromatic N) is 1. The molecule has 1 heterocycles. The van der Waals surface area contributed by atoms with Crippen molar-refractivity contribution in [3.63, 3.8) is 0 Å². The first-order valence-electron chi connectivity index (χ1n) is 10.7. The summed E-state index contributed by atoms with van der Waals surface area (Å²) in [6.45, 7) is 4.02. The molecule has 0 aromatic heterocycles. The van der Waals surface area contributed by atoms with Gasteiger partial charge in [0.1, 0.15) is 12.4 Å². The minimum Gasteiger partial charge on any atom is -0.492 e. The molecule has 4 rings (SSSR count). The smallest absolute Gasteiger partial charge is 0.193 e. The molecule has 1 aliphatic heterocycles. The number of ether oxygens (including phenoxy) is 1. The maximum absolute atomic E-state index is 13.3. The monoisotopic (exact) mass is 431 g/mol. The van der Waals surface area contributed by atoms with Crippen molar-refractivity contribution in [2.24, 2.45) is 0 Å². The van der Waals surface area contributed by atoms with Gasteiger partial charge in [-0.2, -0.15) is 0 Å². The molecule has 0 amide bonds. The Balaban J connectivity index is 1.51. The Bertz CT molecular complexity index is 1020. The van der Waals surface area contributed by atoms with Gasteiger partial charge in [-0.15, -0.1) is 0 Å². The Kier molecular flexibility index (Phi) is 7.18. The number of hydrogen-bond donors (Lipinski definition) is 0. The summed E-state index contributed by atoms with van der Waals surface area (Å²) in [5, 5.41) is 0.613. The van der Waals surface area contributed by atoms with Crippen molar-refractivity contribution in [1.82, 2.24) is 4.90 Å². The highest BCUT2D eigenvalue weighted by Crippen LogP contribution is 2.25. The zero-order valence-corrected chi connectivity index (χ0v) is 18.2. The van der Waals surface area contributed by atoms with Gasteiger partial charge in [0.2, 0.25) is 0 Å². The molecule has 0 N–H and O–H groups in total. The van der Waals surface area contributed by atoms with Crippen LogP contribution in [0.1, 0.15) is 34.3 Å². The second-order valence-electron chi connectivity index (χ2n) is 7.73. The molecule has 3 aromatic carbocycles. The van der Waals surface area contributed by atoms with Crippen LogP contribution in [-0.4, -0.2) is 36.9 Å². The zero-order valence-electron chi connectivity index (χ0n) is 17.5. The molecule has 4 heteroatoms. The van der Waals surface area contributed by atoms with Crippen molar-refractivity contribution < 1.29 is 9.53 Å². The summed E-state index contributed by atoms with van der Waals surface area (Å²) in [6, 6.07) is 24.6. The first-order chi connectivity index (χ1) is 15.2. The van der Waals surface area contributed by atoms with E-state index in [4.69, 9.17) is 16.3 Å². The van der Waals surface area contributed by atoms with Gasteiger partial charge >= 0.3 is 0 Å². The fourth-order valence-electron chi connectivity index (χ4n) is 3.78. The fourth-order valence-corrected chi connectivity index (χ4v) is 3.91. The Morgan fingerprint density at radius 1 is 0.871 bits per heavy atom. The van der Waals surface area contributed by atoms with Gasteiger partial charge in [-0.25, -0.2) is 0 Å². The van der Waals surface area contributed by atoms with Crippen LogP contribution in [0.25, 0.3) is 11.6 Å². The molecule has 0 saturated carbocycles. The third kappa shape index (κ3) is 5.84. The fraction of sp³-hybridized carbons (Fsp3) is 0.222. The number of hydrogen-bond acceptors (Lipinski definition) is 3. The maximum atomic E-state index is 13.3. The van der Waals surface area contributed by atoms with Crippen LogP contribution in [0.3, 0.4) is 0 Å². The molecule has 1 saturated heterocycles. The lowest BCUT2D eigenvalue weighted by molar-refractivity contribution is 0.105. The first kappa shape index (κ1) is 21.4. The average molecular weight is 432 g/mol. The Morgan fingerprint density at radius 3 is 2.23 bits per heavy atom. The number of likely N-dealkylation sites (tertiary alicyclic amines) is 1. The largest absolute Gasteiger partial charge is 0.492 e. The predicted molar refractivity (Wildman–Crippen MR) is 128 cm³/mol. The van der Waals surface area contributed by atoms with Gasteiger partial charge in [-0.3, -0.25) is 9.69 Å². The molecule has 0 radical (unpaired) electrons. The van der Waals surface area contributed by atoms with Gasteiger partial charge in [0, 0.05) is 22.7 Å². The van der Waals surface area contributed by atoms with Gasteiger partial charge in [0.15, 0.2) is 5.78 Å². The molecule has 31 heavy (non-hydrogen) atoms. The van der Waals surface area contributed by atoms with Crippen molar-refractivity contribution in [2.45, 2.75) is 12.8 Å². The zero-order chi connectivity index (χ0) is 21.5. The summed E-state index contributed by atoms with van der Waals surface area (Å²) in [4.78, 5) is 15.7. The predicted octanol–water partition coefficient (Wildman–Crippen LogP) is 6.24. The molecular formula is C27H26ClNO2. The summed E-state index contributed by atoms with van der Waals surface area (Å²) < 4.78 is 5.90. The van der Waals surface area contributed by atoms with E-state index in [1.54, 1.807) is 24.3 Å². The number of carbonyl (C=O) groups excluding carboxylic acids is 1. The van der Waals surface area contributed by atoms with Crippen molar-refractivity contribution in [3.8, 4) is 5.75 Å². The molecule has 1 fully saturated rings. The summed E-state index contributed by atoms with van der Waals surface area (Å²) in [5.74, 6) is 0.815. The average Bonchev–Trinajstić information content (AvgIpc) is 3.33. The van der Waals surface area contributed by atoms with Crippen molar-refractivity contribution in [1.29, 1.82) is 0 Å². The Morgan fingerprint density at radius 2 is 1.55 bits per heavy atom. The summed E-state index contributed by atoms with van der Waals surface area (Å²) in [6.07, 6.45) is 4.51. The Labute approximate surface area is 188 Å². The number of benzene rings is 3. The SMILES string of the molecule is O=C(/C(=C/c1ccc(OCCN2CCCC2)cc1)c1ccccc1)c1ccc(Cl)cc1. The molecular weight excluding hydrogens is 406 g/mol. The number of carbonyl (C=O) groups is 1. The van der Waals surface area contributed by atoms with E-state index in [1.807, 2.05) is 60.7 Å². The van der Waals surface area contributed by atoms with Crippen LogP contribution in [0.4, 0.5) is 0 Å². The van der Waals surface area contributed by atoms with Crippen molar-refractivity contribution in [2.75, 3.05) is 26.2 Å². The van der Waals surface area contributed by atoms with E-state index in [1.165, 1.54) is 25.9 Å². The quantitative estimate of drug-likeness (QED) is 0.240. The van der Waals surface area contributed by atoms with E-state index in [-0.39, 0.29) is 5.78 Å². The number of ketones is 1. The van der Waals surface area contributed by atoms with E-state index >= 15 is 0 Å². The third-order valence-electron chi connectivity index (χ3n) is 5.50. The standard InChI is InChI=1S/C27H26ClNO2/c28-24-12-10-23(11-13-24)27(30)26(22-6-2-1-3-7-22)20-21-8-14-25(15-9-21)31-19-18-29-16-4-5-17-29/h1-3,6-15,20H,4-5,16-19H2/b26-20+. The van der Waals surface area contributed by atoms with Crippen LogP contribution >= 0.6 is 11.6 Å². The molecule has 3 aromatic rings. The lowest BCUT2D eigenvalue weighted by atomic mass is 9.95. The van der Waals surface area contributed by atoms with Crippen molar-refractivity contribution in [3.05, 3.63) is 101 Å². The van der Waals surface area contributed by atoms with Gasteiger partial charge in [0.05, 0.1) is 0 Å². The van der Waals surface area contributed by atoms with Crippen LogP contribution in [0.15, 0.2) is 78.9 Å². The topological polar surface area (TPSA) is 29.5 Å². The minimum atomic E-state index is -0.0335. The number of allylic oxidation sites excluding steroid dienone is 1. The van der Waals surface area contributed by atoms with Gasteiger partial charge in [-0.1, -0.05) is 54.1 Å². The Hall–Kier alpha value is -2.88. The van der Waals surface area contributed by atoms with Crippen LogP contribution in [0, 0.1) is 0 Å². The van der Waals surface area contributed by atoms with E-state index in [9.17, 15) is 4.79 Å². The maximum Gasteiger partial charge on any atom is 0.193 e. The van der Waals surface area contributed by atoms with Crippen LogP contribution in [0.5, 0.6) is 5.75 Å². The number of rotatable bonds is 8. The van der Waals surface area contributed by atoms with E-state index < -0.39 is 0 Å². The molecule has 0 spiro atoms. The molecule has 1 aliphatic rings. The van der Waals surface area contributed by atoms with Gasteiger partial charge < -0.3 is 4.74 Å². The number of Topliss-reactive ketones (excluding diaryl/α,β-unsaturated/α-hetero) is 1. The highest BCUT2D eigenvalue weighted by Gasteiger charge is 2.15. The normalized spacial score (nSPS) is 14.5. The summed E-state index contributed by atoms with van der Waals surface area (Å²) in [5.41, 5.74) is 3.09. The van der Waals surface area contributed by atoms with Crippen LogP contribution in [-0.2, 0) is 0 Å². The van der Waals surface area contributed by atoms with Crippen LogP contribution in [0.2, 0.25) is 5.02 Å². The lowest BCUT2D eigenvalue weighted by Gasteiger charge is -2.15. The summed E-state index contributed by atoms with van der Waals surface area (Å²) in [7, 11) is 0. The third-order valence-corrected chi connectivity index (χ3v) is 5.75. The molecule has 3 nitrogen and oxygen atoms in total. The highest BCUT2D eigenvalue weighted by molar-refractivity contribution is 6.33. The second-order valence-corrected chi connectivity index (χ2v) is 8.16. The highest BCUT2D eigenvalue weighted by atomic mass is 35.5. The molecule has 0 bridgehead atoms. The van der Waals surface area contributed by atoms with Crippen LogP contribution < -0.4 is 4.74 Å². The lowest BCUT2D eigenvalue weighted by Crippen LogP contribution is -2.25. The molecule has 0 aliphatic carbocycles. The van der Waals surface area contributed by atoms with Gasteiger partial charge in [-0.05, 0) is 79.5 Å². The second kappa shape index (κ2) is 10.4. The number of halogens is 1. The van der Waals surface area contributed by atoms with Gasteiger partial charge in [0.25, 0.3) is 0 Å². The van der Waals surface area contributed by atoms with E-state index in [0.717, 1.165) is 23.4 Å². The van der Waals surface area contributed by atoms with Crippen molar-refractivity contribution >= 4 is 29.0 Å². The van der Waals surface area contributed by atoms with E-state index in [2.05, 4.69) is 4.90 Å². The molecule has 0 unspecified atom stereocenters. The minimum absolute atomic E-state index is 0.0335. The summed E-state index contributed by atoms with van der Waals surface area (Å²) >= 11 is 5.99. The van der Waals surface area contributed by atoms with E-state index in [0.29, 0.717) is 22.8 Å².